The molecule has 0 atom stereocenters. The highest BCUT2D eigenvalue weighted by molar-refractivity contribution is 4.77. The Morgan fingerprint density at radius 1 is 0.722 bits per heavy atom. The fourth-order valence-electron chi connectivity index (χ4n) is 1.55. The molecule has 6 heteroatoms. The van der Waals surface area contributed by atoms with Gasteiger partial charge in [-0.1, -0.05) is 6.92 Å². The molecule has 0 saturated heterocycles. The minimum Gasteiger partial charge on any atom is -0.379 e. The standard InChI is InChI=1S/C12H29N3O3/c1-2-12(9-16-6-3-13,10-17-7-4-14)11-18-8-5-15/h2-11,13-15H2,1H3. The highest BCUT2D eigenvalue weighted by atomic mass is 16.5. The first kappa shape index (κ1) is 17.8. The number of rotatable bonds is 13. The molecule has 6 nitrogen and oxygen atoms in total. The largest absolute Gasteiger partial charge is 0.379 e. The highest BCUT2D eigenvalue weighted by Crippen LogP contribution is 2.23. The van der Waals surface area contributed by atoms with Gasteiger partial charge in [0, 0.05) is 25.0 Å². The van der Waals surface area contributed by atoms with E-state index in [0.29, 0.717) is 59.3 Å². The molecule has 0 unspecified atom stereocenters. The predicted octanol–water partition coefficient (Wildman–Crippen LogP) is -0.691. The molecule has 0 aromatic carbocycles. The Hall–Kier alpha value is -0.240. The van der Waals surface area contributed by atoms with Gasteiger partial charge in [-0.05, 0) is 6.42 Å². The summed E-state index contributed by atoms with van der Waals surface area (Å²) in [6, 6.07) is 0. The molecule has 0 rings (SSSR count). The van der Waals surface area contributed by atoms with Crippen molar-refractivity contribution in [2.75, 3.05) is 59.3 Å². The van der Waals surface area contributed by atoms with Gasteiger partial charge in [0.25, 0.3) is 0 Å². The van der Waals surface area contributed by atoms with Crippen molar-refractivity contribution in [3.05, 3.63) is 0 Å². The van der Waals surface area contributed by atoms with Gasteiger partial charge in [0.15, 0.2) is 0 Å². The van der Waals surface area contributed by atoms with Crippen LogP contribution >= 0.6 is 0 Å². The predicted molar refractivity (Wildman–Crippen MR) is 72.3 cm³/mol. The van der Waals surface area contributed by atoms with Gasteiger partial charge in [-0.25, -0.2) is 0 Å². The third kappa shape index (κ3) is 7.97. The SMILES string of the molecule is CCC(COCCN)(COCCN)COCCN. The second-order valence-corrected chi connectivity index (χ2v) is 4.38. The van der Waals surface area contributed by atoms with Gasteiger partial charge in [0.05, 0.1) is 39.6 Å². The van der Waals surface area contributed by atoms with Crippen LogP contribution in [0, 0.1) is 5.41 Å². The number of hydrogen-bond acceptors (Lipinski definition) is 6. The summed E-state index contributed by atoms with van der Waals surface area (Å²) in [6.45, 7) is 7.05. The Labute approximate surface area is 110 Å². The van der Waals surface area contributed by atoms with Crippen LogP contribution in [0.4, 0.5) is 0 Å². The Morgan fingerprint density at radius 3 is 1.28 bits per heavy atom. The molecule has 0 amide bonds. The molecular formula is C12H29N3O3. The Kier molecular flexibility index (Phi) is 11.7. The zero-order valence-electron chi connectivity index (χ0n) is 11.5. The summed E-state index contributed by atoms with van der Waals surface area (Å²) in [5.74, 6) is 0. The maximum atomic E-state index is 5.55. The molecule has 0 aliphatic rings. The molecule has 0 aromatic heterocycles. The van der Waals surface area contributed by atoms with Crippen LogP contribution < -0.4 is 17.2 Å². The van der Waals surface area contributed by atoms with Crippen molar-refractivity contribution in [3.63, 3.8) is 0 Å². The van der Waals surface area contributed by atoms with Crippen LogP contribution in [0.5, 0.6) is 0 Å². The van der Waals surface area contributed by atoms with Crippen molar-refractivity contribution >= 4 is 0 Å². The third-order valence-electron chi connectivity index (χ3n) is 2.76. The summed E-state index contributed by atoms with van der Waals surface area (Å²) in [6.07, 6.45) is 0.909. The summed E-state index contributed by atoms with van der Waals surface area (Å²) in [4.78, 5) is 0. The lowest BCUT2D eigenvalue weighted by Crippen LogP contribution is -2.38. The van der Waals surface area contributed by atoms with Crippen LogP contribution in [0.1, 0.15) is 13.3 Å². The van der Waals surface area contributed by atoms with Gasteiger partial charge in [-0.2, -0.15) is 0 Å². The normalized spacial score (nSPS) is 12.0. The van der Waals surface area contributed by atoms with Crippen LogP contribution in [-0.4, -0.2) is 59.3 Å². The molecule has 0 aliphatic carbocycles. The fourth-order valence-corrected chi connectivity index (χ4v) is 1.55. The quantitative estimate of drug-likeness (QED) is 0.380. The van der Waals surface area contributed by atoms with Gasteiger partial charge in [-0.3, -0.25) is 0 Å². The van der Waals surface area contributed by atoms with Crippen LogP contribution in [0.3, 0.4) is 0 Å². The molecule has 0 bridgehead atoms. The summed E-state index contributed by atoms with van der Waals surface area (Å²) in [7, 11) is 0. The van der Waals surface area contributed by atoms with Crippen molar-refractivity contribution in [1.82, 2.24) is 0 Å². The Bertz CT molecular complexity index is 155. The topological polar surface area (TPSA) is 106 Å². The molecule has 0 fully saturated rings. The average Bonchev–Trinajstić information content (AvgIpc) is 2.39. The molecule has 0 radical (unpaired) electrons. The molecule has 18 heavy (non-hydrogen) atoms. The molecular weight excluding hydrogens is 234 g/mol. The van der Waals surface area contributed by atoms with Crippen LogP contribution in [-0.2, 0) is 14.2 Å². The second-order valence-electron chi connectivity index (χ2n) is 4.38. The summed E-state index contributed by atoms with van der Waals surface area (Å²) < 4.78 is 16.7. The van der Waals surface area contributed by atoms with Crippen LogP contribution in [0.25, 0.3) is 0 Å². The zero-order valence-corrected chi connectivity index (χ0v) is 11.5. The molecule has 0 aliphatic heterocycles. The van der Waals surface area contributed by atoms with Gasteiger partial charge >= 0.3 is 0 Å². The van der Waals surface area contributed by atoms with E-state index in [9.17, 15) is 0 Å². The van der Waals surface area contributed by atoms with E-state index in [1.54, 1.807) is 0 Å². The smallest absolute Gasteiger partial charge is 0.0589 e. The first-order valence-corrected chi connectivity index (χ1v) is 6.58. The Morgan fingerprint density at radius 2 is 1.06 bits per heavy atom. The van der Waals surface area contributed by atoms with Crippen molar-refractivity contribution < 1.29 is 14.2 Å². The molecule has 110 valence electrons. The Balaban J connectivity index is 4.20. The van der Waals surface area contributed by atoms with Crippen molar-refractivity contribution in [1.29, 1.82) is 0 Å². The van der Waals surface area contributed by atoms with Gasteiger partial charge < -0.3 is 31.4 Å². The second kappa shape index (κ2) is 11.8. The zero-order chi connectivity index (χ0) is 13.7. The molecule has 0 aromatic rings. The lowest BCUT2D eigenvalue weighted by atomic mass is 9.88. The van der Waals surface area contributed by atoms with Crippen molar-refractivity contribution in [3.8, 4) is 0 Å². The number of nitrogens with two attached hydrogens (primary N) is 3. The van der Waals surface area contributed by atoms with Crippen LogP contribution in [0.2, 0.25) is 0 Å². The molecule has 0 saturated carbocycles. The van der Waals surface area contributed by atoms with E-state index in [-0.39, 0.29) is 5.41 Å². The molecule has 0 heterocycles. The molecule has 6 N–H and O–H groups in total. The van der Waals surface area contributed by atoms with E-state index in [0.717, 1.165) is 6.42 Å². The van der Waals surface area contributed by atoms with Crippen molar-refractivity contribution in [2.45, 2.75) is 13.3 Å². The molecule has 0 spiro atoms. The lowest BCUT2D eigenvalue weighted by Gasteiger charge is -2.32. The highest BCUT2D eigenvalue weighted by Gasteiger charge is 2.29. The number of ether oxygens (including phenoxy) is 3. The van der Waals surface area contributed by atoms with E-state index >= 15 is 0 Å². The summed E-state index contributed by atoms with van der Waals surface area (Å²) >= 11 is 0. The maximum absolute atomic E-state index is 5.55. The first-order chi connectivity index (χ1) is 8.74. The van der Waals surface area contributed by atoms with E-state index in [1.807, 2.05) is 0 Å². The first-order valence-electron chi connectivity index (χ1n) is 6.58. The fraction of sp³-hybridized carbons (Fsp3) is 1.00. The summed E-state index contributed by atoms with van der Waals surface area (Å²) in [5.41, 5.74) is 16.1. The van der Waals surface area contributed by atoms with Gasteiger partial charge in [-0.15, -0.1) is 0 Å². The average molecular weight is 263 g/mol. The number of hydrogen-bond donors (Lipinski definition) is 3. The van der Waals surface area contributed by atoms with Crippen molar-refractivity contribution in [2.24, 2.45) is 22.6 Å². The van der Waals surface area contributed by atoms with Crippen LogP contribution in [0.15, 0.2) is 0 Å². The van der Waals surface area contributed by atoms with E-state index in [1.165, 1.54) is 0 Å². The lowest BCUT2D eigenvalue weighted by molar-refractivity contribution is -0.0681. The van der Waals surface area contributed by atoms with E-state index < -0.39 is 0 Å². The monoisotopic (exact) mass is 263 g/mol. The van der Waals surface area contributed by atoms with Gasteiger partial charge in [0.1, 0.15) is 0 Å². The van der Waals surface area contributed by atoms with E-state index in [4.69, 9.17) is 31.4 Å². The summed E-state index contributed by atoms with van der Waals surface area (Å²) in [5, 5.41) is 0. The third-order valence-corrected chi connectivity index (χ3v) is 2.76. The van der Waals surface area contributed by atoms with Gasteiger partial charge in [0.2, 0.25) is 0 Å². The minimum absolute atomic E-state index is 0.139. The maximum Gasteiger partial charge on any atom is 0.0589 e. The minimum atomic E-state index is -0.139. The van der Waals surface area contributed by atoms with E-state index in [2.05, 4.69) is 6.92 Å².